The van der Waals surface area contributed by atoms with Gasteiger partial charge >= 0.3 is 5.97 Å². The Bertz CT molecular complexity index is 447. The Morgan fingerprint density at radius 1 is 1.59 bits per heavy atom. The maximum Gasteiger partial charge on any atom is 0.316 e. The third-order valence-corrected chi connectivity index (χ3v) is 2.69. The van der Waals surface area contributed by atoms with Gasteiger partial charge in [-0.2, -0.15) is 5.26 Å². The van der Waals surface area contributed by atoms with Crippen molar-refractivity contribution >= 4 is 17.7 Å². The summed E-state index contributed by atoms with van der Waals surface area (Å²) < 4.78 is 5.17. The van der Waals surface area contributed by atoms with Gasteiger partial charge in [0.1, 0.15) is 11.7 Å². The molecular formula is C12H14N2O2S. The van der Waals surface area contributed by atoms with Crippen LogP contribution in [0.15, 0.2) is 23.4 Å². The molecular weight excluding hydrogens is 236 g/mol. The third-order valence-electron chi connectivity index (χ3n) is 1.67. The lowest BCUT2D eigenvalue weighted by molar-refractivity contribution is -0.151. The minimum Gasteiger partial charge on any atom is -0.459 e. The molecule has 0 atom stereocenters. The molecule has 0 amide bonds. The summed E-state index contributed by atoms with van der Waals surface area (Å²) in [6, 6.07) is 3.68. The molecule has 0 N–H and O–H groups in total. The average molecular weight is 250 g/mol. The topological polar surface area (TPSA) is 63.0 Å². The van der Waals surface area contributed by atoms with Crippen molar-refractivity contribution in [3.05, 3.63) is 24.0 Å². The number of pyridine rings is 1. The van der Waals surface area contributed by atoms with Gasteiger partial charge in [-0.15, -0.1) is 11.8 Å². The molecule has 0 saturated carbocycles. The molecule has 0 aliphatic rings. The molecule has 17 heavy (non-hydrogen) atoms. The minimum atomic E-state index is -0.482. The summed E-state index contributed by atoms with van der Waals surface area (Å²) in [7, 11) is 0. The first-order chi connectivity index (χ1) is 7.92. The van der Waals surface area contributed by atoms with Crippen LogP contribution in [0.5, 0.6) is 0 Å². The van der Waals surface area contributed by atoms with E-state index in [2.05, 4.69) is 11.1 Å². The van der Waals surface area contributed by atoms with E-state index in [1.807, 2.05) is 20.8 Å². The Hall–Kier alpha value is -1.54. The SMILES string of the molecule is CC(C)(C)OC(=O)CSc1cnccc1C#N. The van der Waals surface area contributed by atoms with Gasteiger partial charge in [-0.05, 0) is 26.8 Å². The van der Waals surface area contributed by atoms with Crippen molar-refractivity contribution in [2.24, 2.45) is 0 Å². The number of carbonyl (C=O) groups excluding carboxylic acids is 1. The first kappa shape index (κ1) is 13.5. The first-order valence-electron chi connectivity index (χ1n) is 5.11. The molecule has 1 heterocycles. The number of thioether (sulfide) groups is 1. The van der Waals surface area contributed by atoms with Crippen LogP contribution >= 0.6 is 11.8 Å². The van der Waals surface area contributed by atoms with Gasteiger partial charge in [0.25, 0.3) is 0 Å². The van der Waals surface area contributed by atoms with Crippen LogP contribution in [0.4, 0.5) is 0 Å². The van der Waals surface area contributed by atoms with E-state index in [0.29, 0.717) is 10.5 Å². The molecule has 90 valence electrons. The molecule has 1 aromatic heterocycles. The highest BCUT2D eigenvalue weighted by molar-refractivity contribution is 8.00. The second-order valence-electron chi connectivity index (χ2n) is 4.36. The second-order valence-corrected chi connectivity index (χ2v) is 5.38. The Morgan fingerprint density at radius 2 is 2.29 bits per heavy atom. The van der Waals surface area contributed by atoms with Crippen LogP contribution in [0.25, 0.3) is 0 Å². The predicted molar refractivity (Wildman–Crippen MR) is 65.5 cm³/mol. The maximum absolute atomic E-state index is 11.5. The maximum atomic E-state index is 11.5. The van der Waals surface area contributed by atoms with Gasteiger partial charge in [-0.3, -0.25) is 9.78 Å². The van der Waals surface area contributed by atoms with E-state index in [1.165, 1.54) is 11.8 Å². The number of carbonyl (C=O) groups is 1. The summed E-state index contributed by atoms with van der Waals surface area (Å²) in [5.74, 6) is -0.118. The van der Waals surface area contributed by atoms with Crippen LogP contribution < -0.4 is 0 Å². The molecule has 0 spiro atoms. The van der Waals surface area contributed by atoms with E-state index in [-0.39, 0.29) is 11.7 Å². The monoisotopic (exact) mass is 250 g/mol. The fourth-order valence-corrected chi connectivity index (χ4v) is 1.83. The fraction of sp³-hybridized carbons (Fsp3) is 0.417. The van der Waals surface area contributed by atoms with E-state index in [4.69, 9.17) is 10.00 Å². The molecule has 0 aliphatic carbocycles. The van der Waals surface area contributed by atoms with Crippen molar-refractivity contribution in [2.45, 2.75) is 31.3 Å². The van der Waals surface area contributed by atoms with Crippen molar-refractivity contribution in [2.75, 3.05) is 5.75 Å². The summed E-state index contributed by atoms with van der Waals surface area (Å²) in [5, 5.41) is 8.86. The molecule has 0 saturated heterocycles. The van der Waals surface area contributed by atoms with Gasteiger partial charge in [0.15, 0.2) is 0 Å². The average Bonchev–Trinajstić information content (AvgIpc) is 2.24. The molecule has 1 rings (SSSR count). The normalized spacial score (nSPS) is 10.7. The molecule has 0 aliphatic heterocycles. The molecule has 0 fully saturated rings. The number of aromatic nitrogens is 1. The third kappa shape index (κ3) is 4.87. The van der Waals surface area contributed by atoms with Gasteiger partial charge in [0.05, 0.1) is 11.3 Å². The van der Waals surface area contributed by atoms with Gasteiger partial charge in [0, 0.05) is 17.3 Å². The fourth-order valence-electron chi connectivity index (χ4n) is 1.10. The highest BCUT2D eigenvalue weighted by atomic mass is 32.2. The number of esters is 1. The zero-order valence-electron chi connectivity index (χ0n) is 10.1. The summed E-state index contributed by atoms with van der Waals surface area (Å²) >= 11 is 1.26. The van der Waals surface area contributed by atoms with Gasteiger partial charge in [0.2, 0.25) is 0 Å². The highest BCUT2D eigenvalue weighted by Crippen LogP contribution is 2.21. The molecule has 0 radical (unpaired) electrons. The quantitative estimate of drug-likeness (QED) is 0.609. The second kappa shape index (κ2) is 5.69. The lowest BCUT2D eigenvalue weighted by Crippen LogP contribution is -2.24. The van der Waals surface area contributed by atoms with Crippen LogP contribution in [0.2, 0.25) is 0 Å². The van der Waals surface area contributed by atoms with Gasteiger partial charge in [-0.1, -0.05) is 0 Å². The zero-order chi connectivity index (χ0) is 12.9. The smallest absolute Gasteiger partial charge is 0.316 e. The molecule has 5 heteroatoms. The first-order valence-corrected chi connectivity index (χ1v) is 6.10. The number of ether oxygens (including phenoxy) is 1. The molecule has 0 bridgehead atoms. The van der Waals surface area contributed by atoms with E-state index < -0.39 is 5.60 Å². The Morgan fingerprint density at radius 3 is 2.88 bits per heavy atom. The van der Waals surface area contributed by atoms with Crippen LogP contribution in [0.3, 0.4) is 0 Å². The lowest BCUT2D eigenvalue weighted by atomic mass is 10.2. The molecule has 0 unspecified atom stereocenters. The minimum absolute atomic E-state index is 0.178. The summed E-state index contributed by atoms with van der Waals surface area (Å²) in [5.41, 5.74) is 0.0403. The number of nitriles is 1. The van der Waals surface area contributed by atoms with Crippen LogP contribution in [-0.2, 0) is 9.53 Å². The van der Waals surface area contributed by atoms with Gasteiger partial charge in [-0.25, -0.2) is 0 Å². The van der Waals surface area contributed by atoms with Crippen LogP contribution in [-0.4, -0.2) is 22.3 Å². The highest BCUT2D eigenvalue weighted by Gasteiger charge is 2.16. The van der Waals surface area contributed by atoms with Crippen molar-refractivity contribution in [3.63, 3.8) is 0 Å². The number of hydrogen-bond acceptors (Lipinski definition) is 5. The standard InChI is InChI=1S/C12H14N2O2S/c1-12(2,3)16-11(15)8-17-10-7-14-5-4-9(10)6-13/h4-5,7H,8H2,1-3H3. The van der Waals surface area contributed by atoms with Crippen molar-refractivity contribution in [3.8, 4) is 6.07 Å². The van der Waals surface area contributed by atoms with E-state index in [9.17, 15) is 4.79 Å². The lowest BCUT2D eigenvalue weighted by Gasteiger charge is -2.19. The summed E-state index contributed by atoms with van der Waals surface area (Å²) in [6.45, 7) is 5.46. The predicted octanol–water partition coefficient (Wildman–Crippen LogP) is 2.39. The van der Waals surface area contributed by atoms with E-state index in [1.54, 1.807) is 18.5 Å². The number of rotatable bonds is 3. The molecule has 1 aromatic rings. The van der Waals surface area contributed by atoms with Crippen molar-refractivity contribution in [1.82, 2.24) is 4.98 Å². The van der Waals surface area contributed by atoms with Crippen LogP contribution in [0, 0.1) is 11.3 Å². The Labute approximate surface area is 105 Å². The Balaban J connectivity index is 2.57. The summed E-state index contributed by atoms with van der Waals surface area (Å²) in [4.78, 5) is 16.1. The van der Waals surface area contributed by atoms with Crippen molar-refractivity contribution < 1.29 is 9.53 Å². The number of nitrogens with zero attached hydrogens (tertiary/aromatic N) is 2. The summed E-state index contributed by atoms with van der Waals surface area (Å²) in [6.07, 6.45) is 3.13. The zero-order valence-corrected chi connectivity index (χ0v) is 10.9. The van der Waals surface area contributed by atoms with Crippen molar-refractivity contribution in [1.29, 1.82) is 5.26 Å². The number of hydrogen-bond donors (Lipinski definition) is 0. The molecule has 4 nitrogen and oxygen atoms in total. The van der Waals surface area contributed by atoms with Crippen LogP contribution in [0.1, 0.15) is 26.3 Å². The van der Waals surface area contributed by atoms with E-state index in [0.717, 1.165) is 0 Å². The molecule has 0 aromatic carbocycles. The van der Waals surface area contributed by atoms with Gasteiger partial charge < -0.3 is 4.74 Å². The van der Waals surface area contributed by atoms with E-state index >= 15 is 0 Å². The Kier molecular flexibility index (Phi) is 4.53. The largest absolute Gasteiger partial charge is 0.459 e.